The van der Waals surface area contributed by atoms with Crippen molar-refractivity contribution in [3.63, 3.8) is 0 Å². The van der Waals surface area contributed by atoms with Gasteiger partial charge in [-0.1, -0.05) is 6.07 Å². The van der Waals surface area contributed by atoms with Gasteiger partial charge in [0, 0.05) is 13.1 Å². The number of primary sulfonamides is 1. The van der Waals surface area contributed by atoms with Crippen LogP contribution in [-0.2, 0) is 27.7 Å². The maximum Gasteiger partial charge on any atom is 0.433 e. The van der Waals surface area contributed by atoms with E-state index in [2.05, 4.69) is 4.74 Å². The van der Waals surface area contributed by atoms with Gasteiger partial charge in [-0.2, -0.15) is 13.2 Å². The van der Waals surface area contributed by atoms with Gasteiger partial charge >= 0.3 is 6.18 Å². The molecule has 21 heavy (non-hydrogen) atoms. The molecule has 116 valence electrons. The summed E-state index contributed by atoms with van der Waals surface area (Å²) in [5.41, 5.74) is -0.856. The third-order valence-corrected chi connectivity index (χ3v) is 4.80. The van der Waals surface area contributed by atoms with Gasteiger partial charge in [-0.25, -0.2) is 13.6 Å². The van der Waals surface area contributed by atoms with Gasteiger partial charge in [0.25, 0.3) is 0 Å². The lowest BCUT2D eigenvalue weighted by molar-refractivity contribution is -0.230. The first kappa shape index (κ1) is 14.8. The maximum atomic E-state index is 13.0. The van der Waals surface area contributed by atoms with Crippen molar-refractivity contribution in [1.29, 1.82) is 0 Å². The molecule has 3 rings (SSSR count). The number of nitrogens with zero attached hydrogens (tertiary/aromatic N) is 1. The molecule has 2 N–H and O–H groups in total. The van der Waals surface area contributed by atoms with Crippen LogP contribution in [0.3, 0.4) is 0 Å². The number of halogens is 3. The van der Waals surface area contributed by atoms with Crippen LogP contribution in [0.25, 0.3) is 0 Å². The minimum Gasteiger partial charge on any atom is -0.345 e. The zero-order valence-electron chi connectivity index (χ0n) is 10.9. The molecule has 2 heterocycles. The van der Waals surface area contributed by atoms with Crippen molar-refractivity contribution in [2.45, 2.75) is 29.8 Å². The van der Waals surface area contributed by atoms with Crippen molar-refractivity contribution in [3.8, 4) is 0 Å². The van der Waals surface area contributed by atoms with Crippen LogP contribution < -0.4 is 5.14 Å². The smallest absolute Gasteiger partial charge is 0.345 e. The summed E-state index contributed by atoms with van der Waals surface area (Å²) in [5, 5.41) is 5.05. The number of sulfonamides is 1. The Hall–Kier alpha value is -1.16. The first-order valence-electron chi connectivity index (χ1n) is 6.24. The Morgan fingerprint density at radius 3 is 2.48 bits per heavy atom. The summed E-state index contributed by atoms with van der Waals surface area (Å²) < 4.78 is 66.5. The highest BCUT2D eigenvalue weighted by molar-refractivity contribution is 7.89. The molecule has 0 aliphatic carbocycles. The molecule has 1 atom stereocenters. The second-order valence-electron chi connectivity index (χ2n) is 5.22. The van der Waals surface area contributed by atoms with Crippen LogP contribution in [0.5, 0.6) is 0 Å². The fourth-order valence-corrected chi connectivity index (χ4v) is 3.18. The quantitative estimate of drug-likeness (QED) is 0.824. The van der Waals surface area contributed by atoms with Gasteiger partial charge in [0.15, 0.2) is 0 Å². The van der Waals surface area contributed by atoms with Crippen molar-refractivity contribution < 1.29 is 26.3 Å². The lowest BCUT2D eigenvalue weighted by atomic mass is 9.98. The fraction of sp³-hybridized carbons (Fsp3) is 0.500. The number of hydrogen-bond donors (Lipinski definition) is 1. The van der Waals surface area contributed by atoms with E-state index in [4.69, 9.17) is 5.14 Å². The van der Waals surface area contributed by atoms with E-state index < -0.39 is 21.9 Å². The summed E-state index contributed by atoms with van der Waals surface area (Å²) in [6.07, 6.45) is -4.07. The summed E-state index contributed by atoms with van der Waals surface area (Å²) in [5.74, 6) is 0. The molecule has 0 radical (unpaired) electrons. The lowest BCUT2D eigenvalue weighted by Gasteiger charge is -2.34. The van der Waals surface area contributed by atoms with E-state index >= 15 is 0 Å². The van der Waals surface area contributed by atoms with Crippen LogP contribution >= 0.6 is 0 Å². The predicted octanol–water partition coefficient (Wildman–Crippen LogP) is 0.981. The SMILES string of the molecule is NS(=O)(=O)c1ccc2c(c1)CN(C1(C(F)(F)F)CO1)CC2. The summed E-state index contributed by atoms with van der Waals surface area (Å²) in [4.78, 5) is 1.10. The van der Waals surface area contributed by atoms with Crippen LogP contribution in [0.1, 0.15) is 11.1 Å². The molecule has 1 aromatic carbocycles. The molecule has 0 saturated carbocycles. The minimum atomic E-state index is -4.47. The van der Waals surface area contributed by atoms with Gasteiger partial charge in [0.1, 0.15) is 6.61 Å². The molecule has 9 heteroatoms. The minimum absolute atomic E-state index is 0.0157. The summed E-state index contributed by atoms with van der Waals surface area (Å²) in [6.45, 7) is -0.194. The molecule has 0 amide bonds. The highest BCUT2D eigenvalue weighted by Crippen LogP contribution is 2.47. The average molecular weight is 322 g/mol. The molecule has 1 unspecified atom stereocenters. The molecular formula is C12H13F3N2O3S. The number of rotatable bonds is 2. The van der Waals surface area contributed by atoms with Gasteiger partial charge in [0.05, 0.1) is 4.90 Å². The zero-order chi connectivity index (χ0) is 15.5. The Labute approximate surface area is 119 Å². The second kappa shape index (κ2) is 4.42. The Kier molecular flexibility index (Phi) is 3.11. The van der Waals surface area contributed by atoms with Crippen LogP contribution in [0, 0.1) is 0 Å². The third kappa shape index (κ3) is 2.44. The molecule has 1 aromatic rings. The first-order valence-corrected chi connectivity index (χ1v) is 7.78. The molecular weight excluding hydrogens is 309 g/mol. The predicted molar refractivity (Wildman–Crippen MR) is 66.7 cm³/mol. The van der Waals surface area contributed by atoms with Crippen molar-refractivity contribution in [1.82, 2.24) is 4.90 Å². The van der Waals surface area contributed by atoms with Crippen molar-refractivity contribution in [3.05, 3.63) is 29.3 Å². The monoisotopic (exact) mass is 322 g/mol. The second-order valence-corrected chi connectivity index (χ2v) is 6.78. The molecule has 0 spiro atoms. The van der Waals surface area contributed by atoms with Crippen molar-refractivity contribution in [2.75, 3.05) is 13.2 Å². The summed E-state index contributed by atoms with van der Waals surface area (Å²) in [6, 6.07) is 4.31. The summed E-state index contributed by atoms with van der Waals surface area (Å²) >= 11 is 0. The van der Waals surface area contributed by atoms with Crippen molar-refractivity contribution in [2.24, 2.45) is 5.14 Å². The van der Waals surface area contributed by atoms with E-state index in [1.165, 1.54) is 17.0 Å². The molecule has 1 saturated heterocycles. The van der Waals surface area contributed by atoms with E-state index in [9.17, 15) is 21.6 Å². The van der Waals surface area contributed by atoms with Crippen LogP contribution in [-0.4, -0.2) is 38.4 Å². The normalized spacial score (nSPS) is 26.5. The highest BCUT2D eigenvalue weighted by atomic mass is 32.2. The van der Waals surface area contributed by atoms with E-state index in [-0.39, 0.29) is 24.6 Å². The maximum absolute atomic E-state index is 13.0. The number of fused-ring (bicyclic) bond motifs is 1. The standard InChI is InChI=1S/C12H13F3N2O3S/c13-12(14,15)11(7-20-11)17-4-3-8-1-2-10(21(16,18)19)5-9(8)6-17/h1-2,5H,3-4,6-7H2,(H2,16,18,19). The number of benzene rings is 1. The molecule has 2 aliphatic rings. The highest BCUT2D eigenvalue weighted by Gasteiger charge is 2.69. The van der Waals surface area contributed by atoms with E-state index in [1.807, 2.05) is 0 Å². The van der Waals surface area contributed by atoms with Crippen LogP contribution in [0.15, 0.2) is 23.1 Å². The number of alkyl halides is 3. The summed E-state index contributed by atoms with van der Waals surface area (Å²) in [7, 11) is -3.87. The molecule has 0 aromatic heterocycles. The zero-order valence-corrected chi connectivity index (χ0v) is 11.7. The van der Waals surface area contributed by atoms with Gasteiger partial charge in [0.2, 0.25) is 15.7 Å². The van der Waals surface area contributed by atoms with Gasteiger partial charge < -0.3 is 4.74 Å². The Balaban J connectivity index is 1.92. The van der Waals surface area contributed by atoms with Gasteiger partial charge in [-0.3, -0.25) is 4.90 Å². The fourth-order valence-electron chi connectivity index (χ4n) is 2.61. The average Bonchev–Trinajstić information content (AvgIpc) is 3.17. The third-order valence-electron chi connectivity index (χ3n) is 3.89. The Bertz CT molecular complexity index is 683. The Morgan fingerprint density at radius 2 is 1.95 bits per heavy atom. The van der Waals surface area contributed by atoms with E-state index in [0.29, 0.717) is 12.0 Å². The topological polar surface area (TPSA) is 75.9 Å². The van der Waals surface area contributed by atoms with E-state index in [1.54, 1.807) is 6.07 Å². The van der Waals surface area contributed by atoms with Crippen LogP contribution in [0.4, 0.5) is 13.2 Å². The molecule has 2 aliphatic heterocycles. The van der Waals surface area contributed by atoms with E-state index in [0.717, 1.165) is 5.56 Å². The first-order chi connectivity index (χ1) is 9.63. The largest absolute Gasteiger partial charge is 0.433 e. The molecule has 0 bridgehead atoms. The number of epoxide rings is 1. The number of nitrogens with two attached hydrogens (primary N) is 1. The van der Waals surface area contributed by atoms with Crippen LogP contribution in [0.2, 0.25) is 0 Å². The molecule has 5 nitrogen and oxygen atoms in total. The van der Waals surface area contributed by atoms with Gasteiger partial charge in [-0.05, 0) is 29.7 Å². The van der Waals surface area contributed by atoms with Crippen molar-refractivity contribution >= 4 is 10.0 Å². The van der Waals surface area contributed by atoms with Gasteiger partial charge in [-0.15, -0.1) is 0 Å². The molecule has 1 fully saturated rings. The lowest BCUT2D eigenvalue weighted by Crippen LogP contribution is -2.51. The number of ether oxygens (including phenoxy) is 1. The Morgan fingerprint density at radius 1 is 1.29 bits per heavy atom. The number of hydrogen-bond acceptors (Lipinski definition) is 4.